The van der Waals surface area contributed by atoms with E-state index in [1.165, 1.54) is 6.20 Å². The topological polar surface area (TPSA) is 135 Å². The van der Waals surface area contributed by atoms with E-state index >= 15 is 0 Å². The van der Waals surface area contributed by atoms with Crippen molar-refractivity contribution in [3.8, 4) is 17.6 Å². The van der Waals surface area contributed by atoms with Crippen LogP contribution in [0.4, 0.5) is 11.4 Å². The molecule has 3 aromatic rings. The van der Waals surface area contributed by atoms with Crippen molar-refractivity contribution < 1.29 is 4.74 Å². The third kappa shape index (κ3) is 5.05. The minimum Gasteiger partial charge on any atom is -0.457 e. The number of benzene rings is 2. The van der Waals surface area contributed by atoms with E-state index in [-0.39, 0.29) is 5.96 Å². The Morgan fingerprint density at radius 1 is 0.968 bits per heavy atom. The molecule has 8 nitrogen and oxygen atoms in total. The Labute approximate surface area is 179 Å². The Morgan fingerprint density at radius 2 is 1.81 bits per heavy atom. The fourth-order valence-corrected chi connectivity index (χ4v) is 2.98. The van der Waals surface area contributed by atoms with E-state index in [2.05, 4.69) is 20.3 Å². The zero-order chi connectivity index (χ0) is 21.6. The summed E-state index contributed by atoms with van der Waals surface area (Å²) in [6, 6.07) is 20.1. The number of rotatable bonds is 4. The SMILES string of the molecule is N#Cc1cc(Oc2ccc(NC3=NC(N)=NC(c4cccc(N)c4)=CC3)cc2)ccn1. The number of nitriles is 1. The summed E-state index contributed by atoms with van der Waals surface area (Å²) in [5.74, 6) is 2.01. The van der Waals surface area contributed by atoms with Gasteiger partial charge >= 0.3 is 0 Å². The number of hydrogen-bond donors (Lipinski definition) is 3. The van der Waals surface area contributed by atoms with Crippen molar-refractivity contribution in [1.29, 1.82) is 5.26 Å². The molecule has 0 bridgehead atoms. The van der Waals surface area contributed by atoms with Gasteiger partial charge in [0.25, 0.3) is 0 Å². The molecule has 0 atom stereocenters. The van der Waals surface area contributed by atoms with E-state index in [9.17, 15) is 0 Å². The first-order valence-corrected chi connectivity index (χ1v) is 9.48. The molecule has 0 amide bonds. The molecule has 5 N–H and O–H groups in total. The maximum absolute atomic E-state index is 8.94. The van der Waals surface area contributed by atoms with E-state index in [0.717, 1.165) is 16.9 Å². The number of amidine groups is 1. The van der Waals surface area contributed by atoms with Gasteiger partial charge in [0, 0.05) is 35.6 Å². The van der Waals surface area contributed by atoms with Gasteiger partial charge in [-0.1, -0.05) is 18.2 Å². The van der Waals surface area contributed by atoms with Crippen LogP contribution in [0.25, 0.3) is 5.70 Å². The molecule has 0 spiro atoms. The molecule has 1 aliphatic heterocycles. The van der Waals surface area contributed by atoms with Gasteiger partial charge in [0.15, 0.2) is 0 Å². The lowest BCUT2D eigenvalue weighted by Crippen LogP contribution is -2.16. The van der Waals surface area contributed by atoms with Crippen LogP contribution < -0.4 is 21.5 Å². The molecule has 4 rings (SSSR count). The van der Waals surface area contributed by atoms with Crippen molar-refractivity contribution >= 4 is 28.9 Å². The number of nitrogen functional groups attached to an aromatic ring is 1. The fraction of sp³-hybridized carbons (Fsp3) is 0.0435. The second kappa shape index (κ2) is 8.80. The molecule has 0 saturated carbocycles. The van der Waals surface area contributed by atoms with E-state index < -0.39 is 0 Å². The highest BCUT2D eigenvalue weighted by Gasteiger charge is 2.09. The van der Waals surface area contributed by atoms with Crippen LogP contribution >= 0.6 is 0 Å². The summed E-state index contributed by atoms with van der Waals surface area (Å²) in [4.78, 5) is 12.7. The molecule has 0 saturated heterocycles. The van der Waals surface area contributed by atoms with Crippen LogP contribution in [0.1, 0.15) is 17.7 Å². The zero-order valence-corrected chi connectivity index (χ0v) is 16.5. The monoisotopic (exact) mass is 409 g/mol. The van der Waals surface area contributed by atoms with Crippen molar-refractivity contribution in [2.75, 3.05) is 11.1 Å². The van der Waals surface area contributed by atoms with Crippen LogP contribution in [-0.2, 0) is 0 Å². The first kappa shape index (κ1) is 19.7. The maximum atomic E-state index is 8.94. The molecule has 8 heteroatoms. The van der Waals surface area contributed by atoms with Gasteiger partial charge in [0.2, 0.25) is 5.96 Å². The second-order valence-corrected chi connectivity index (χ2v) is 6.69. The van der Waals surface area contributed by atoms with Crippen LogP contribution in [0.15, 0.2) is 82.9 Å². The van der Waals surface area contributed by atoms with Crippen molar-refractivity contribution in [3.05, 3.63) is 84.2 Å². The number of nitrogens with zero attached hydrogens (tertiary/aromatic N) is 4. The van der Waals surface area contributed by atoms with Gasteiger partial charge in [0.1, 0.15) is 29.1 Å². The highest BCUT2D eigenvalue weighted by atomic mass is 16.5. The number of guanidine groups is 1. The van der Waals surface area contributed by atoms with Gasteiger partial charge in [-0.25, -0.2) is 9.98 Å². The Morgan fingerprint density at radius 3 is 2.58 bits per heavy atom. The summed E-state index contributed by atoms with van der Waals surface area (Å²) in [7, 11) is 0. The summed E-state index contributed by atoms with van der Waals surface area (Å²) >= 11 is 0. The standard InChI is InChI=1S/C23H19N7O/c24-14-18-13-20(10-11-27-18)31-19-6-4-17(5-7-19)28-22-9-8-21(29-23(26)30-22)15-2-1-3-16(25)12-15/h1-8,10-13H,9,25H2,(H3,26,28,29,30). The fourth-order valence-electron chi connectivity index (χ4n) is 2.98. The van der Waals surface area contributed by atoms with Crippen LogP contribution in [0.3, 0.4) is 0 Å². The molecule has 2 aromatic carbocycles. The highest BCUT2D eigenvalue weighted by molar-refractivity contribution is 6.06. The first-order valence-electron chi connectivity index (χ1n) is 9.48. The summed E-state index contributed by atoms with van der Waals surface area (Å²) < 4.78 is 5.77. The summed E-state index contributed by atoms with van der Waals surface area (Å²) in [6.07, 6.45) is 4.01. The average molecular weight is 409 g/mol. The van der Waals surface area contributed by atoms with Crippen molar-refractivity contribution in [3.63, 3.8) is 0 Å². The largest absolute Gasteiger partial charge is 0.457 e. The molecule has 0 aliphatic carbocycles. The first-order chi connectivity index (χ1) is 15.1. The summed E-state index contributed by atoms with van der Waals surface area (Å²) in [5.41, 5.74) is 15.2. The minimum absolute atomic E-state index is 0.166. The van der Waals surface area contributed by atoms with Crippen molar-refractivity contribution in [2.45, 2.75) is 6.42 Å². The molecule has 0 fully saturated rings. The Bertz CT molecular complexity index is 1240. The molecule has 0 radical (unpaired) electrons. The van der Waals surface area contributed by atoms with E-state index in [4.69, 9.17) is 21.5 Å². The second-order valence-electron chi connectivity index (χ2n) is 6.69. The van der Waals surface area contributed by atoms with Gasteiger partial charge in [-0.05, 0) is 42.5 Å². The third-order valence-corrected chi connectivity index (χ3v) is 4.38. The highest BCUT2D eigenvalue weighted by Crippen LogP contribution is 2.24. The predicted molar refractivity (Wildman–Crippen MR) is 122 cm³/mol. The van der Waals surface area contributed by atoms with Crippen LogP contribution in [0.5, 0.6) is 11.5 Å². The van der Waals surface area contributed by atoms with Crippen molar-refractivity contribution in [1.82, 2.24) is 4.98 Å². The predicted octanol–water partition coefficient (Wildman–Crippen LogP) is 3.90. The summed E-state index contributed by atoms with van der Waals surface area (Å²) in [6.45, 7) is 0. The number of pyridine rings is 1. The van der Waals surface area contributed by atoms with Gasteiger partial charge in [-0.2, -0.15) is 10.3 Å². The molecule has 0 unspecified atom stereocenters. The van der Waals surface area contributed by atoms with Gasteiger partial charge in [-0.15, -0.1) is 0 Å². The average Bonchev–Trinajstić information content (AvgIpc) is 2.96. The van der Waals surface area contributed by atoms with Crippen LogP contribution in [-0.4, -0.2) is 16.8 Å². The van der Waals surface area contributed by atoms with Crippen LogP contribution in [0.2, 0.25) is 0 Å². The van der Waals surface area contributed by atoms with E-state index in [0.29, 0.717) is 35.1 Å². The minimum atomic E-state index is 0.166. The number of ether oxygens (including phenoxy) is 1. The molecule has 2 heterocycles. The summed E-state index contributed by atoms with van der Waals surface area (Å²) in [5, 5.41) is 12.2. The molecule has 1 aromatic heterocycles. The normalized spacial score (nSPS) is 13.2. The Balaban J connectivity index is 1.44. The lowest BCUT2D eigenvalue weighted by Gasteiger charge is -2.09. The quantitative estimate of drug-likeness (QED) is 0.559. The van der Waals surface area contributed by atoms with Gasteiger partial charge in [0.05, 0.1) is 5.70 Å². The lowest BCUT2D eigenvalue weighted by molar-refractivity contribution is 0.482. The Hall–Kier alpha value is -4.64. The number of anilines is 2. The molecule has 152 valence electrons. The maximum Gasteiger partial charge on any atom is 0.222 e. The molecule has 1 aliphatic rings. The lowest BCUT2D eigenvalue weighted by atomic mass is 10.1. The number of hydrogen-bond acceptors (Lipinski definition) is 8. The number of aliphatic imine (C=N–C) groups is 2. The smallest absolute Gasteiger partial charge is 0.222 e. The number of aromatic nitrogens is 1. The Kier molecular flexibility index (Phi) is 5.58. The number of nitrogens with two attached hydrogens (primary N) is 2. The molecule has 31 heavy (non-hydrogen) atoms. The van der Waals surface area contributed by atoms with Gasteiger partial charge < -0.3 is 21.5 Å². The molecular formula is C23H19N7O. The zero-order valence-electron chi connectivity index (χ0n) is 16.5. The van der Waals surface area contributed by atoms with Crippen LogP contribution in [0, 0.1) is 11.3 Å². The molecular weight excluding hydrogens is 390 g/mol. The third-order valence-electron chi connectivity index (χ3n) is 4.38. The van der Waals surface area contributed by atoms with Gasteiger partial charge in [-0.3, -0.25) is 0 Å². The number of nitrogens with one attached hydrogen (secondary N) is 1. The van der Waals surface area contributed by atoms with E-state index in [1.54, 1.807) is 12.1 Å². The van der Waals surface area contributed by atoms with E-state index in [1.807, 2.05) is 60.7 Å². The van der Waals surface area contributed by atoms with Crippen molar-refractivity contribution in [2.24, 2.45) is 15.7 Å².